The zero-order valence-electron chi connectivity index (χ0n) is 12.0. The number of nitro groups is 1. The van der Waals surface area contributed by atoms with Crippen molar-refractivity contribution in [1.82, 2.24) is 10.2 Å². The van der Waals surface area contributed by atoms with Crippen molar-refractivity contribution in [2.45, 2.75) is 26.3 Å². The number of benzene rings is 1. The average molecular weight is 291 g/mol. The van der Waals surface area contributed by atoms with Crippen molar-refractivity contribution in [1.29, 1.82) is 0 Å². The molecule has 0 spiro atoms. The maximum Gasteiger partial charge on any atom is 0.282 e. The monoisotopic (exact) mass is 291 g/mol. The molecule has 1 heterocycles. The van der Waals surface area contributed by atoms with Crippen molar-refractivity contribution in [3.63, 3.8) is 0 Å². The number of carbonyl (C=O) groups excluding carboxylic acids is 2. The molecule has 0 saturated carbocycles. The van der Waals surface area contributed by atoms with Gasteiger partial charge in [0.05, 0.1) is 10.5 Å². The fourth-order valence-corrected chi connectivity index (χ4v) is 2.30. The highest BCUT2D eigenvalue weighted by Crippen LogP contribution is 2.30. The minimum absolute atomic E-state index is 0.0932. The average Bonchev–Trinajstić information content (AvgIpc) is 2.67. The number of imide groups is 1. The van der Waals surface area contributed by atoms with Crippen molar-refractivity contribution in [2.24, 2.45) is 0 Å². The molecule has 7 heteroatoms. The van der Waals surface area contributed by atoms with Crippen LogP contribution in [0.2, 0.25) is 0 Å². The number of hydrogen-bond acceptors (Lipinski definition) is 5. The summed E-state index contributed by atoms with van der Waals surface area (Å²) >= 11 is 0. The first-order valence-corrected chi connectivity index (χ1v) is 6.80. The Morgan fingerprint density at radius 2 is 2.00 bits per heavy atom. The number of nitro benzene ring substituents is 1. The van der Waals surface area contributed by atoms with Crippen molar-refractivity contribution in [2.75, 3.05) is 13.1 Å². The number of nitrogens with one attached hydrogen (secondary N) is 1. The topological polar surface area (TPSA) is 92.6 Å². The summed E-state index contributed by atoms with van der Waals surface area (Å²) < 4.78 is 0. The highest BCUT2D eigenvalue weighted by molar-refractivity contribution is 6.23. The van der Waals surface area contributed by atoms with Gasteiger partial charge in [0.25, 0.3) is 17.5 Å². The molecule has 112 valence electrons. The molecule has 1 aromatic carbocycles. The van der Waals surface area contributed by atoms with Gasteiger partial charge in [-0.25, -0.2) is 0 Å². The number of carbonyl (C=O) groups is 2. The molecular weight excluding hydrogens is 274 g/mol. The van der Waals surface area contributed by atoms with E-state index in [1.54, 1.807) is 0 Å². The highest BCUT2D eigenvalue weighted by atomic mass is 16.6. The third-order valence-corrected chi connectivity index (χ3v) is 3.28. The standard InChI is InChI=1S/C14H17N3O4/c1-9(2)15-7-4-8-16-13(18)10-5-3-6-11(17(20)21)12(10)14(16)19/h3,5-6,9,15H,4,7-8H2,1-2H3. The first-order valence-electron chi connectivity index (χ1n) is 6.80. The number of fused-ring (bicyclic) bond motifs is 1. The number of amides is 2. The molecule has 21 heavy (non-hydrogen) atoms. The van der Waals surface area contributed by atoms with Crippen LogP contribution in [0.25, 0.3) is 0 Å². The summed E-state index contributed by atoms with van der Waals surface area (Å²) in [7, 11) is 0. The Kier molecular flexibility index (Phi) is 4.32. The summed E-state index contributed by atoms with van der Waals surface area (Å²) in [4.78, 5) is 35.8. The fourth-order valence-electron chi connectivity index (χ4n) is 2.30. The lowest BCUT2D eigenvalue weighted by Crippen LogP contribution is -2.33. The molecule has 1 aromatic rings. The normalized spacial score (nSPS) is 14.0. The molecule has 0 unspecified atom stereocenters. The second-order valence-corrected chi connectivity index (χ2v) is 5.18. The van der Waals surface area contributed by atoms with Gasteiger partial charge < -0.3 is 5.32 Å². The molecule has 1 N–H and O–H groups in total. The molecule has 1 aliphatic heterocycles. The molecule has 2 rings (SSSR count). The summed E-state index contributed by atoms with van der Waals surface area (Å²) in [6, 6.07) is 4.45. The lowest BCUT2D eigenvalue weighted by atomic mass is 10.1. The number of rotatable bonds is 6. The quantitative estimate of drug-likeness (QED) is 0.372. The second-order valence-electron chi connectivity index (χ2n) is 5.18. The van der Waals surface area contributed by atoms with Gasteiger partial charge in [-0.3, -0.25) is 24.6 Å². The molecule has 0 saturated heterocycles. The molecule has 0 radical (unpaired) electrons. The van der Waals surface area contributed by atoms with Gasteiger partial charge >= 0.3 is 0 Å². The Morgan fingerprint density at radius 3 is 2.62 bits per heavy atom. The molecule has 0 bridgehead atoms. The van der Waals surface area contributed by atoms with Crippen LogP contribution in [0, 0.1) is 10.1 Å². The molecule has 1 aliphatic rings. The minimum atomic E-state index is -0.631. The van der Waals surface area contributed by atoms with Crippen molar-refractivity contribution >= 4 is 17.5 Å². The Morgan fingerprint density at radius 1 is 1.29 bits per heavy atom. The van der Waals surface area contributed by atoms with Crippen LogP contribution in [0.3, 0.4) is 0 Å². The van der Waals surface area contributed by atoms with Crippen molar-refractivity contribution in [3.05, 3.63) is 39.4 Å². The Balaban J connectivity index is 2.15. The van der Waals surface area contributed by atoms with E-state index >= 15 is 0 Å². The van der Waals surface area contributed by atoms with E-state index in [4.69, 9.17) is 0 Å². The Bertz CT molecular complexity index is 598. The molecular formula is C14H17N3O4. The summed E-state index contributed by atoms with van der Waals surface area (Å²) in [6.45, 7) is 4.94. The van der Waals surface area contributed by atoms with Gasteiger partial charge in [-0.1, -0.05) is 19.9 Å². The minimum Gasteiger partial charge on any atom is -0.314 e. The van der Waals surface area contributed by atoms with E-state index in [0.717, 1.165) is 4.90 Å². The summed E-state index contributed by atoms with van der Waals surface area (Å²) in [5, 5.41) is 14.2. The number of nitrogens with zero attached hydrogens (tertiary/aromatic N) is 2. The van der Waals surface area contributed by atoms with E-state index in [0.29, 0.717) is 19.0 Å². The maximum absolute atomic E-state index is 12.2. The summed E-state index contributed by atoms with van der Waals surface area (Å²) in [5.41, 5.74) is -0.288. The lowest BCUT2D eigenvalue weighted by Gasteiger charge is -2.14. The second kappa shape index (κ2) is 6.01. The van der Waals surface area contributed by atoms with Crippen LogP contribution in [-0.4, -0.2) is 40.8 Å². The van der Waals surface area contributed by atoms with E-state index in [2.05, 4.69) is 5.32 Å². The Hall–Kier alpha value is -2.28. The van der Waals surface area contributed by atoms with E-state index in [1.807, 2.05) is 13.8 Å². The van der Waals surface area contributed by atoms with Crippen LogP contribution in [0.5, 0.6) is 0 Å². The van der Waals surface area contributed by atoms with Gasteiger partial charge in [0.15, 0.2) is 0 Å². The largest absolute Gasteiger partial charge is 0.314 e. The van der Waals surface area contributed by atoms with Gasteiger partial charge in [0, 0.05) is 18.7 Å². The van der Waals surface area contributed by atoms with E-state index < -0.39 is 16.7 Å². The van der Waals surface area contributed by atoms with Gasteiger partial charge in [0.2, 0.25) is 0 Å². The van der Waals surface area contributed by atoms with E-state index in [-0.39, 0.29) is 23.4 Å². The Labute approximate surface area is 122 Å². The van der Waals surface area contributed by atoms with E-state index in [9.17, 15) is 19.7 Å². The van der Waals surface area contributed by atoms with Gasteiger partial charge in [0.1, 0.15) is 5.56 Å². The SMILES string of the molecule is CC(C)NCCCN1C(=O)c2cccc([N+](=O)[O-])c2C1=O. The van der Waals surface area contributed by atoms with Crippen LogP contribution in [-0.2, 0) is 0 Å². The predicted molar refractivity (Wildman–Crippen MR) is 76.2 cm³/mol. The summed E-state index contributed by atoms with van der Waals surface area (Å²) in [5.74, 6) is -1.03. The fraction of sp³-hybridized carbons (Fsp3) is 0.429. The van der Waals surface area contributed by atoms with Gasteiger partial charge in [-0.2, -0.15) is 0 Å². The lowest BCUT2D eigenvalue weighted by molar-refractivity contribution is -0.385. The first kappa shape index (κ1) is 15.1. The van der Waals surface area contributed by atoms with Gasteiger partial charge in [-0.05, 0) is 19.0 Å². The maximum atomic E-state index is 12.2. The smallest absolute Gasteiger partial charge is 0.282 e. The molecule has 0 aromatic heterocycles. The first-order chi connectivity index (χ1) is 9.93. The zero-order chi connectivity index (χ0) is 15.6. The van der Waals surface area contributed by atoms with Gasteiger partial charge in [-0.15, -0.1) is 0 Å². The zero-order valence-corrected chi connectivity index (χ0v) is 12.0. The molecule has 0 fully saturated rings. The predicted octanol–water partition coefficient (Wildman–Crippen LogP) is 1.58. The van der Waals surface area contributed by atoms with E-state index in [1.165, 1.54) is 18.2 Å². The molecule has 0 atom stereocenters. The van der Waals surface area contributed by atoms with Crippen LogP contribution >= 0.6 is 0 Å². The van der Waals surface area contributed by atoms with Crippen LogP contribution in [0.4, 0.5) is 5.69 Å². The van der Waals surface area contributed by atoms with Crippen LogP contribution in [0.15, 0.2) is 18.2 Å². The molecule has 7 nitrogen and oxygen atoms in total. The van der Waals surface area contributed by atoms with Crippen LogP contribution in [0.1, 0.15) is 41.0 Å². The third-order valence-electron chi connectivity index (χ3n) is 3.28. The summed E-state index contributed by atoms with van der Waals surface area (Å²) in [6.07, 6.45) is 0.609. The van der Waals surface area contributed by atoms with Crippen molar-refractivity contribution in [3.8, 4) is 0 Å². The van der Waals surface area contributed by atoms with Crippen molar-refractivity contribution < 1.29 is 14.5 Å². The molecule has 2 amide bonds. The molecule has 0 aliphatic carbocycles. The third kappa shape index (κ3) is 2.92. The number of hydrogen-bond donors (Lipinski definition) is 1. The van der Waals surface area contributed by atoms with Crippen LogP contribution < -0.4 is 5.32 Å². The highest BCUT2D eigenvalue weighted by Gasteiger charge is 2.40.